The first-order valence-electron chi connectivity index (χ1n) is 8.04. The maximum absolute atomic E-state index is 4.42. The minimum Gasteiger partial charge on any atom is -0.356 e. The van der Waals surface area contributed by atoms with E-state index in [9.17, 15) is 0 Å². The number of guanidine groups is 1. The van der Waals surface area contributed by atoms with Crippen LogP contribution in [0.15, 0.2) is 41.4 Å². The normalized spacial score (nSPS) is 15.6. The predicted octanol–water partition coefficient (Wildman–Crippen LogP) is 3.49. The zero-order valence-corrected chi connectivity index (χ0v) is 14.5. The molecule has 22 heavy (non-hydrogen) atoms. The van der Waals surface area contributed by atoms with E-state index in [-0.39, 0.29) is 0 Å². The van der Waals surface area contributed by atoms with Crippen LogP contribution in [0.2, 0.25) is 0 Å². The number of hydrogen-bond donors (Lipinski definition) is 1. The van der Waals surface area contributed by atoms with Crippen molar-refractivity contribution in [2.45, 2.75) is 19.3 Å². The predicted molar refractivity (Wildman–Crippen MR) is 99.6 cm³/mol. The summed E-state index contributed by atoms with van der Waals surface area (Å²) in [5.41, 5.74) is 2.80. The average molecular weight is 318 g/mol. The lowest BCUT2D eigenvalue weighted by molar-refractivity contribution is 0.439. The second-order valence-corrected chi connectivity index (χ2v) is 6.45. The van der Waals surface area contributed by atoms with Crippen molar-refractivity contribution in [3.63, 3.8) is 0 Å². The molecule has 0 fully saturated rings. The zero-order valence-electron chi connectivity index (χ0n) is 13.7. The summed E-state index contributed by atoms with van der Waals surface area (Å²) in [6.45, 7) is 2.99. The van der Waals surface area contributed by atoms with Gasteiger partial charge in [-0.3, -0.25) is 4.99 Å². The molecule has 0 atom stereocenters. The van der Waals surface area contributed by atoms with Crippen LogP contribution >= 0.6 is 11.8 Å². The van der Waals surface area contributed by atoms with Crippen LogP contribution < -0.4 is 5.32 Å². The number of benzene rings is 1. The van der Waals surface area contributed by atoms with Crippen LogP contribution in [0.25, 0.3) is 5.57 Å². The molecule has 4 heteroatoms. The second kappa shape index (κ2) is 9.57. The van der Waals surface area contributed by atoms with Crippen LogP contribution in [0.4, 0.5) is 0 Å². The van der Waals surface area contributed by atoms with Crippen molar-refractivity contribution in [2.75, 3.05) is 38.7 Å². The standard InChI is InChI=1S/C18H27N3S/c1-19-18(20-12-6-7-15-22-2)21-13-10-17(11-14-21)16-8-4-3-5-9-16/h3-5,8-10H,6-7,11-15H2,1-2H3,(H,19,20). The molecule has 0 amide bonds. The minimum absolute atomic E-state index is 0.939. The lowest BCUT2D eigenvalue weighted by atomic mass is 10.00. The molecule has 3 nitrogen and oxygen atoms in total. The van der Waals surface area contributed by atoms with E-state index in [4.69, 9.17) is 0 Å². The number of aliphatic imine (C=N–C) groups is 1. The number of rotatable bonds is 6. The van der Waals surface area contributed by atoms with Gasteiger partial charge in [0.1, 0.15) is 0 Å². The molecule has 120 valence electrons. The highest BCUT2D eigenvalue weighted by atomic mass is 32.2. The fourth-order valence-electron chi connectivity index (χ4n) is 2.68. The minimum atomic E-state index is 0.939. The molecule has 0 radical (unpaired) electrons. The molecular formula is C18H27N3S. The van der Waals surface area contributed by atoms with Crippen LogP contribution in [0.5, 0.6) is 0 Å². The summed E-state index contributed by atoms with van der Waals surface area (Å²) in [5, 5.41) is 3.49. The Bertz CT molecular complexity index is 496. The van der Waals surface area contributed by atoms with Crippen molar-refractivity contribution in [1.82, 2.24) is 10.2 Å². The first-order valence-corrected chi connectivity index (χ1v) is 9.43. The molecule has 0 saturated carbocycles. The molecule has 0 unspecified atom stereocenters. The Labute approximate surface area is 138 Å². The topological polar surface area (TPSA) is 27.6 Å². The van der Waals surface area contributed by atoms with Crippen molar-refractivity contribution < 1.29 is 0 Å². The number of nitrogens with one attached hydrogen (secondary N) is 1. The molecule has 0 aromatic heterocycles. The van der Waals surface area contributed by atoms with Crippen molar-refractivity contribution in [3.05, 3.63) is 42.0 Å². The maximum atomic E-state index is 4.42. The average Bonchev–Trinajstić information content (AvgIpc) is 2.59. The van der Waals surface area contributed by atoms with Gasteiger partial charge >= 0.3 is 0 Å². The SMILES string of the molecule is CN=C(NCCCCSC)N1CC=C(c2ccccc2)CC1. The van der Waals surface area contributed by atoms with Gasteiger partial charge in [0, 0.05) is 26.7 Å². The van der Waals surface area contributed by atoms with E-state index >= 15 is 0 Å². The fraction of sp³-hybridized carbons (Fsp3) is 0.500. The highest BCUT2D eigenvalue weighted by molar-refractivity contribution is 7.98. The number of nitrogens with zero attached hydrogens (tertiary/aromatic N) is 2. The molecule has 0 spiro atoms. The Morgan fingerprint density at radius 2 is 2.09 bits per heavy atom. The lowest BCUT2D eigenvalue weighted by Crippen LogP contribution is -2.43. The first kappa shape index (κ1) is 16.9. The summed E-state index contributed by atoms with van der Waals surface area (Å²) in [6, 6.07) is 10.7. The van der Waals surface area contributed by atoms with Gasteiger partial charge in [-0.25, -0.2) is 0 Å². The van der Waals surface area contributed by atoms with Crippen LogP contribution in [-0.4, -0.2) is 49.6 Å². The Hall–Kier alpha value is -1.42. The number of thioether (sulfide) groups is 1. The quantitative estimate of drug-likeness (QED) is 0.494. The molecule has 1 heterocycles. The van der Waals surface area contributed by atoms with Crippen molar-refractivity contribution in [2.24, 2.45) is 4.99 Å². The van der Waals surface area contributed by atoms with E-state index in [2.05, 4.69) is 57.9 Å². The van der Waals surface area contributed by atoms with E-state index in [0.717, 1.165) is 32.0 Å². The summed E-state index contributed by atoms with van der Waals surface area (Å²) in [6.07, 6.45) is 8.05. The Morgan fingerprint density at radius 3 is 2.73 bits per heavy atom. The molecular weight excluding hydrogens is 290 g/mol. The van der Waals surface area contributed by atoms with Gasteiger partial charge < -0.3 is 10.2 Å². The van der Waals surface area contributed by atoms with Gasteiger partial charge in [0.05, 0.1) is 0 Å². The van der Waals surface area contributed by atoms with Gasteiger partial charge in [0.25, 0.3) is 0 Å². The lowest BCUT2D eigenvalue weighted by Gasteiger charge is -2.29. The van der Waals surface area contributed by atoms with Gasteiger partial charge in [0.2, 0.25) is 0 Å². The summed E-state index contributed by atoms with van der Waals surface area (Å²) >= 11 is 1.92. The van der Waals surface area contributed by atoms with Crippen LogP contribution in [-0.2, 0) is 0 Å². The Kier molecular flexibility index (Phi) is 7.37. The van der Waals surface area contributed by atoms with Crippen molar-refractivity contribution in [3.8, 4) is 0 Å². The van der Waals surface area contributed by atoms with E-state index in [1.54, 1.807) is 0 Å². The third kappa shape index (κ3) is 5.09. The largest absolute Gasteiger partial charge is 0.356 e. The summed E-state index contributed by atoms with van der Waals surface area (Å²) < 4.78 is 0. The van der Waals surface area contributed by atoms with Crippen molar-refractivity contribution in [1.29, 1.82) is 0 Å². The monoisotopic (exact) mass is 317 g/mol. The number of hydrogen-bond acceptors (Lipinski definition) is 2. The Balaban J connectivity index is 1.82. The van der Waals surface area contributed by atoms with Gasteiger partial charge in [-0.2, -0.15) is 11.8 Å². The van der Waals surface area contributed by atoms with Gasteiger partial charge in [-0.1, -0.05) is 36.4 Å². The smallest absolute Gasteiger partial charge is 0.193 e. The molecule has 0 aliphatic carbocycles. The third-order valence-electron chi connectivity index (χ3n) is 3.92. The van der Waals surface area contributed by atoms with E-state index in [1.165, 1.54) is 29.7 Å². The highest BCUT2D eigenvalue weighted by Crippen LogP contribution is 2.21. The number of unbranched alkanes of at least 4 members (excludes halogenated alkanes) is 1. The molecule has 1 aromatic carbocycles. The van der Waals surface area contributed by atoms with E-state index in [1.807, 2.05) is 18.8 Å². The summed E-state index contributed by atoms with van der Waals surface area (Å²) in [5.74, 6) is 2.28. The summed E-state index contributed by atoms with van der Waals surface area (Å²) in [4.78, 5) is 6.76. The van der Waals surface area contributed by atoms with E-state index < -0.39 is 0 Å². The van der Waals surface area contributed by atoms with Gasteiger partial charge in [0.15, 0.2) is 5.96 Å². The highest BCUT2D eigenvalue weighted by Gasteiger charge is 2.15. The molecule has 2 rings (SSSR count). The van der Waals surface area contributed by atoms with Crippen LogP contribution in [0, 0.1) is 0 Å². The molecule has 0 bridgehead atoms. The Morgan fingerprint density at radius 1 is 1.27 bits per heavy atom. The zero-order chi connectivity index (χ0) is 15.6. The molecule has 1 aromatic rings. The van der Waals surface area contributed by atoms with Gasteiger partial charge in [-0.05, 0) is 42.4 Å². The molecule has 0 saturated heterocycles. The van der Waals surface area contributed by atoms with Crippen LogP contribution in [0.3, 0.4) is 0 Å². The second-order valence-electron chi connectivity index (χ2n) is 5.47. The van der Waals surface area contributed by atoms with Crippen LogP contribution in [0.1, 0.15) is 24.8 Å². The molecule has 1 aliphatic heterocycles. The summed E-state index contributed by atoms with van der Waals surface area (Å²) in [7, 11) is 1.88. The molecule has 1 N–H and O–H groups in total. The van der Waals surface area contributed by atoms with Crippen molar-refractivity contribution >= 4 is 23.3 Å². The first-order chi connectivity index (χ1) is 10.8. The maximum Gasteiger partial charge on any atom is 0.193 e. The van der Waals surface area contributed by atoms with E-state index in [0.29, 0.717) is 0 Å². The van der Waals surface area contributed by atoms with Gasteiger partial charge in [-0.15, -0.1) is 0 Å². The molecule has 1 aliphatic rings. The third-order valence-corrected chi connectivity index (χ3v) is 4.62. The fourth-order valence-corrected chi connectivity index (χ4v) is 3.17.